The molecule has 2 aromatic rings. The summed E-state index contributed by atoms with van der Waals surface area (Å²) in [4.78, 5) is 44.1. The number of hydrogen-bond donors (Lipinski definition) is 3. The SMILES string of the molecule is CCCCn1c(N)c(N(Cc2ccccc2)C(=O)CN(CCO)C2CC2)c(=O)[nH]c1=O. The predicted octanol–water partition coefficient (Wildman–Crippen LogP) is 0.909. The zero-order valence-electron chi connectivity index (χ0n) is 17.9. The number of aliphatic hydroxyl groups excluding tert-OH is 1. The normalized spacial score (nSPS) is 13.5. The highest BCUT2D eigenvalue weighted by Crippen LogP contribution is 2.27. The molecule has 0 saturated heterocycles. The average molecular weight is 430 g/mol. The van der Waals surface area contributed by atoms with Crippen molar-refractivity contribution in [2.75, 3.05) is 30.3 Å². The second-order valence-electron chi connectivity index (χ2n) is 7.89. The van der Waals surface area contributed by atoms with E-state index in [2.05, 4.69) is 4.98 Å². The third-order valence-electron chi connectivity index (χ3n) is 5.49. The molecule has 1 saturated carbocycles. The van der Waals surface area contributed by atoms with Crippen LogP contribution >= 0.6 is 0 Å². The minimum Gasteiger partial charge on any atom is -0.395 e. The van der Waals surface area contributed by atoms with Crippen LogP contribution in [0, 0.1) is 0 Å². The van der Waals surface area contributed by atoms with Gasteiger partial charge in [0, 0.05) is 19.1 Å². The highest BCUT2D eigenvalue weighted by Gasteiger charge is 2.32. The molecular formula is C22H31N5O4. The van der Waals surface area contributed by atoms with Crippen molar-refractivity contribution in [2.45, 2.75) is 51.7 Å². The molecule has 3 rings (SSSR count). The number of amides is 1. The molecule has 0 bridgehead atoms. The highest BCUT2D eigenvalue weighted by molar-refractivity contribution is 5.96. The number of aromatic amines is 1. The van der Waals surface area contributed by atoms with Crippen LogP contribution in [0.3, 0.4) is 0 Å². The molecule has 1 amide bonds. The summed E-state index contributed by atoms with van der Waals surface area (Å²) in [5, 5.41) is 9.38. The Balaban J connectivity index is 2.00. The fraction of sp³-hybridized carbons (Fsp3) is 0.500. The van der Waals surface area contributed by atoms with E-state index in [9.17, 15) is 19.5 Å². The maximum atomic E-state index is 13.4. The fourth-order valence-electron chi connectivity index (χ4n) is 3.65. The molecule has 0 unspecified atom stereocenters. The largest absolute Gasteiger partial charge is 0.395 e. The summed E-state index contributed by atoms with van der Waals surface area (Å²) in [5.74, 6) is -0.311. The minimum absolute atomic E-state index is 0.00777. The maximum absolute atomic E-state index is 13.4. The monoisotopic (exact) mass is 429 g/mol. The van der Waals surface area contributed by atoms with Gasteiger partial charge in [0.25, 0.3) is 5.56 Å². The van der Waals surface area contributed by atoms with Crippen LogP contribution in [0.5, 0.6) is 0 Å². The lowest BCUT2D eigenvalue weighted by molar-refractivity contribution is -0.120. The van der Waals surface area contributed by atoms with Crippen LogP contribution in [0.4, 0.5) is 11.5 Å². The van der Waals surface area contributed by atoms with Crippen LogP contribution in [0.1, 0.15) is 38.2 Å². The molecule has 1 fully saturated rings. The van der Waals surface area contributed by atoms with Gasteiger partial charge < -0.3 is 10.8 Å². The van der Waals surface area contributed by atoms with Crippen LogP contribution in [-0.4, -0.2) is 51.2 Å². The predicted molar refractivity (Wildman–Crippen MR) is 120 cm³/mol. The highest BCUT2D eigenvalue weighted by atomic mass is 16.3. The summed E-state index contributed by atoms with van der Waals surface area (Å²) >= 11 is 0. The second-order valence-corrected chi connectivity index (χ2v) is 7.89. The number of carbonyl (C=O) groups is 1. The van der Waals surface area contributed by atoms with Crippen LogP contribution in [0.2, 0.25) is 0 Å². The van der Waals surface area contributed by atoms with Gasteiger partial charge in [-0.3, -0.25) is 28.9 Å². The van der Waals surface area contributed by atoms with E-state index in [0.717, 1.165) is 24.8 Å². The first kappa shape index (κ1) is 22.8. The number of aromatic nitrogens is 2. The van der Waals surface area contributed by atoms with Crippen LogP contribution in [0.15, 0.2) is 39.9 Å². The summed E-state index contributed by atoms with van der Waals surface area (Å²) in [6, 6.07) is 9.59. The van der Waals surface area contributed by atoms with Crippen LogP contribution in [0.25, 0.3) is 0 Å². The van der Waals surface area contributed by atoms with Gasteiger partial charge in [-0.2, -0.15) is 0 Å². The van der Waals surface area contributed by atoms with Crippen molar-refractivity contribution in [1.82, 2.24) is 14.5 Å². The lowest BCUT2D eigenvalue weighted by Gasteiger charge is -2.28. The molecule has 0 radical (unpaired) electrons. The number of anilines is 2. The summed E-state index contributed by atoms with van der Waals surface area (Å²) in [5.41, 5.74) is 5.84. The van der Waals surface area contributed by atoms with Gasteiger partial charge in [-0.25, -0.2) is 4.79 Å². The van der Waals surface area contributed by atoms with Gasteiger partial charge >= 0.3 is 5.69 Å². The molecular weight excluding hydrogens is 398 g/mol. The third-order valence-corrected chi connectivity index (χ3v) is 5.49. The molecule has 168 valence electrons. The first-order valence-electron chi connectivity index (χ1n) is 10.8. The average Bonchev–Trinajstić information content (AvgIpc) is 3.58. The van der Waals surface area contributed by atoms with Gasteiger partial charge in [0.05, 0.1) is 19.7 Å². The first-order valence-corrected chi connectivity index (χ1v) is 10.8. The third kappa shape index (κ3) is 5.62. The number of unbranched alkanes of at least 4 members (excludes halogenated alkanes) is 1. The topological polar surface area (TPSA) is 125 Å². The molecule has 9 heteroatoms. The molecule has 1 heterocycles. The molecule has 0 spiro atoms. The Bertz CT molecular complexity index is 997. The second kappa shape index (κ2) is 10.4. The minimum atomic E-state index is -0.681. The number of carbonyl (C=O) groups excluding carboxylic acids is 1. The van der Waals surface area contributed by atoms with Gasteiger partial charge in [-0.15, -0.1) is 0 Å². The number of benzene rings is 1. The van der Waals surface area contributed by atoms with E-state index in [4.69, 9.17) is 5.73 Å². The first-order chi connectivity index (χ1) is 15.0. The van der Waals surface area contributed by atoms with Crippen LogP contribution in [-0.2, 0) is 17.9 Å². The molecule has 9 nitrogen and oxygen atoms in total. The van der Waals surface area contributed by atoms with Gasteiger partial charge in [0.1, 0.15) is 5.82 Å². The number of hydrogen-bond acceptors (Lipinski definition) is 6. The Morgan fingerprint density at radius 3 is 2.58 bits per heavy atom. The molecule has 1 aliphatic rings. The van der Waals surface area contributed by atoms with E-state index in [1.54, 1.807) is 0 Å². The van der Waals surface area contributed by atoms with E-state index >= 15 is 0 Å². The van der Waals surface area contributed by atoms with E-state index < -0.39 is 11.2 Å². The molecule has 1 aromatic heterocycles. The summed E-state index contributed by atoms with van der Waals surface area (Å²) in [6.07, 6.45) is 3.53. The molecule has 0 atom stereocenters. The zero-order chi connectivity index (χ0) is 22.4. The Hall–Kier alpha value is -2.91. The quantitative estimate of drug-likeness (QED) is 0.488. The molecule has 4 N–H and O–H groups in total. The zero-order valence-corrected chi connectivity index (χ0v) is 17.9. The Labute approximate surface area is 181 Å². The number of rotatable bonds is 11. The van der Waals surface area contributed by atoms with E-state index in [0.29, 0.717) is 19.5 Å². The number of nitrogen functional groups attached to an aromatic ring is 1. The van der Waals surface area contributed by atoms with Crippen molar-refractivity contribution in [3.05, 3.63) is 56.7 Å². The summed E-state index contributed by atoms with van der Waals surface area (Å²) in [6.45, 7) is 2.90. The molecule has 31 heavy (non-hydrogen) atoms. The van der Waals surface area contributed by atoms with E-state index in [-0.39, 0.29) is 43.2 Å². The van der Waals surface area contributed by atoms with Crippen molar-refractivity contribution >= 4 is 17.4 Å². The number of nitrogens with zero attached hydrogens (tertiary/aromatic N) is 3. The number of nitrogens with one attached hydrogen (secondary N) is 1. The number of aliphatic hydroxyl groups is 1. The van der Waals surface area contributed by atoms with Gasteiger partial charge in [-0.1, -0.05) is 43.7 Å². The van der Waals surface area contributed by atoms with E-state index in [1.165, 1.54) is 9.47 Å². The Morgan fingerprint density at radius 2 is 1.97 bits per heavy atom. The Kier molecular flexibility index (Phi) is 7.64. The van der Waals surface area contributed by atoms with Crippen molar-refractivity contribution < 1.29 is 9.90 Å². The molecule has 1 aliphatic carbocycles. The van der Waals surface area contributed by atoms with Crippen molar-refractivity contribution in [1.29, 1.82) is 0 Å². The van der Waals surface area contributed by atoms with Crippen LogP contribution < -0.4 is 21.9 Å². The maximum Gasteiger partial charge on any atom is 0.330 e. The van der Waals surface area contributed by atoms with Gasteiger partial charge in [0.2, 0.25) is 5.91 Å². The van der Waals surface area contributed by atoms with Gasteiger partial charge in [0.15, 0.2) is 5.69 Å². The van der Waals surface area contributed by atoms with Crippen molar-refractivity contribution in [2.24, 2.45) is 0 Å². The number of H-pyrrole nitrogens is 1. The lowest BCUT2D eigenvalue weighted by Crippen LogP contribution is -2.46. The Morgan fingerprint density at radius 1 is 1.26 bits per heavy atom. The lowest BCUT2D eigenvalue weighted by atomic mass is 10.2. The molecule has 1 aromatic carbocycles. The fourth-order valence-corrected chi connectivity index (χ4v) is 3.65. The number of nitrogens with two attached hydrogens (primary N) is 1. The smallest absolute Gasteiger partial charge is 0.330 e. The van der Waals surface area contributed by atoms with Crippen molar-refractivity contribution in [3.8, 4) is 0 Å². The van der Waals surface area contributed by atoms with E-state index in [1.807, 2.05) is 42.2 Å². The summed E-state index contributed by atoms with van der Waals surface area (Å²) < 4.78 is 1.32. The standard InChI is InChI=1S/C22H31N5O4/c1-2-3-11-26-20(23)19(21(30)24-22(26)31)27(14-16-7-5-4-6-8-16)18(29)15-25(12-13-28)17-9-10-17/h4-8,17,28H,2-3,9-15,23H2,1H3,(H,24,30,31). The van der Waals surface area contributed by atoms with Crippen molar-refractivity contribution in [3.63, 3.8) is 0 Å². The summed E-state index contributed by atoms with van der Waals surface area (Å²) in [7, 11) is 0. The van der Waals surface area contributed by atoms with Gasteiger partial charge in [-0.05, 0) is 24.8 Å². The molecule has 0 aliphatic heterocycles.